The molecule has 2 aliphatic carbocycles. The van der Waals surface area contributed by atoms with Gasteiger partial charge in [0.15, 0.2) is 0 Å². The van der Waals surface area contributed by atoms with Crippen LogP contribution in [-0.4, -0.2) is 3.21 Å². The van der Waals surface area contributed by atoms with E-state index in [1.807, 2.05) is 0 Å². The summed E-state index contributed by atoms with van der Waals surface area (Å²) in [4.78, 5) is 0. The molecule has 0 spiro atoms. The van der Waals surface area contributed by atoms with E-state index in [0.29, 0.717) is 15.5 Å². The Morgan fingerprint density at radius 3 is 1.31 bits per heavy atom. The molecule has 0 amide bonds. The molecule has 330 valence electrons. The first-order valence-electron chi connectivity index (χ1n) is 23.5. The summed E-state index contributed by atoms with van der Waals surface area (Å²) in [5.41, 5.74) is 20.3. The van der Waals surface area contributed by atoms with Gasteiger partial charge in [0.25, 0.3) is 0 Å². The van der Waals surface area contributed by atoms with E-state index in [0.717, 1.165) is 32.1 Å². The first kappa shape index (κ1) is 49.6. The van der Waals surface area contributed by atoms with Crippen LogP contribution in [0.4, 0.5) is 0 Å². The number of rotatable bonds is 12. The van der Waals surface area contributed by atoms with Crippen molar-refractivity contribution in [1.82, 2.24) is 0 Å². The van der Waals surface area contributed by atoms with E-state index < -0.39 is 21.3 Å². The van der Waals surface area contributed by atoms with Crippen molar-refractivity contribution in [3.05, 3.63) is 199 Å². The van der Waals surface area contributed by atoms with E-state index in [1.54, 1.807) is 17.6 Å². The Labute approximate surface area is 406 Å². The van der Waals surface area contributed by atoms with Crippen LogP contribution < -0.4 is 24.8 Å². The molecule has 6 aromatic rings. The smallest absolute Gasteiger partial charge is 1.00 e. The normalized spacial score (nSPS) is 14.9. The second-order valence-electron chi connectivity index (χ2n) is 20.4. The molecule has 0 bridgehead atoms. The van der Waals surface area contributed by atoms with Crippen LogP contribution in [0.2, 0.25) is 0 Å². The van der Waals surface area contributed by atoms with E-state index in [2.05, 4.69) is 221 Å². The maximum Gasteiger partial charge on any atom is -1.00 e. The van der Waals surface area contributed by atoms with Gasteiger partial charge in [-0.3, -0.25) is 0 Å². The molecule has 8 rings (SSSR count). The Bertz CT molecular complexity index is 2500. The van der Waals surface area contributed by atoms with Gasteiger partial charge >= 0.3 is 385 Å². The maximum absolute atomic E-state index is 2.87. The van der Waals surface area contributed by atoms with Crippen molar-refractivity contribution < 1.29 is 46.1 Å². The first-order valence-corrected chi connectivity index (χ1v) is 27.4. The number of benzene rings is 6. The summed E-state index contributed by atoms with van der Waals surface area (Å²) in [6, 6.07) is 52.2. The number of hydrogen-bond acceptors (Lipinski definition) is 0. The van der Waals surface area contributed by atoms with E-state index in [1.165, 1.54) is 66.8 Å². The topological polar surface area (TPSA) is 0 Å². The summed E-state index contributed by atoms with van der Waals surface area (Å²) in [5.74, 6) is 0.945. The Morgan fingerprint density at radius 1 is 0.531 bits per heavy atom. The molecule has 0 aliphatic heterocycles. The first-order chi connectivity index (χ1) is 29.8. The fourth-order valence-corrected chi connectivity index (χ4v) is 19.5. The van der Waals surface area contributed by atoms with Gasteiger partial charge < -0.3 is 24.8 Å². The molecule has 2 atom stereocenters. The molecule has 2 aliphatic rings. The second-order valence-corrected chi connectivity index (χ2v) is 27.1. The third kappa shape index (κ3) is 10.1. The van der Waals surface area contributed by atoms with E-state index in [4.69, 9.17) is 0 Å². The number of allylic oxidation sites excluding steroid dienone is 4. The monoisotopic (exact) mass is 960 g/mol. The fraction of sp³-hybridized carbons (Fsp3) is 0.328. The molecule has 0 aromatic heterocycles. The van der Waals surface area contributed by atoms with Gasteiger partial charge in [-0.2, -0.15) is 0 Å². The molecule has 64 heavy (non-hydrogen) atoms. The van der Waals surface area contributed by atoms with Gasteiger partial charge in [-0.25, -0.2) is 0 Å². The molecule has 6 aromatic carbocycles. The minimum Gasteiger partial charge on any atom is -1.00 e. The average Bonchev–Trinajstić information content (AvgIpc) is 3.92. The predicted octanol–water partition coefficient (Wildman–Crippen LogP) is 10.8. The van der Waals surface area contributed by atoms with Crippen LogP contribution in [0.15, 0.2) is 155 Å². The van der Waals surface area contributed by atoms with Crippen LogP contribution in [-0.2, 0) is 44.9 Å². The average molecular weight is 963 g/mol. The third-order valence-corrected chi connectivity index (χ3v) is 22.3. The van der Waals surface area contributed by atoms with Gasteiger partial charge in [0.1, 0.15) is 0 Å². The maximum atomic E-state index is 2.73. The summed E-state index contributed by atoms with van der Waals surface area (Å²) in [7, 11) is 0. The number of fused-ring (bicyclic) bond motifs is 3. The molecule has 2 unspecified atom stereocenters. The Balaban J connectivity index is 0.00000340. The van der Waals surface area contributed by atoms with Crippen LogP contribution in [0.5, 0.6) is 0 Å². The van der Waals surface area contributed by atoms with E-state index >= 15 is 0 Å². The minimum atomic E-state index is -2.87. The molecular weight excluding hydrogens is 895 g/mol. The van der Waals surface area contributed by atoms with Crippen molar-refractivity contribution in [2.24, 2.45) is 0 Å². The number of halogens is 2. The Kier molecular flexibility index (Phi) is 16.1. The summed E-state index contributed by atoms with van der Waals surface area (Å²) < 4.78 is 3.84. The van der Waals surface area contributed by atoms with Gasteiger partial charge in [0.2, 0.25) is 0 Å². The van der Waals surface area contributed by atoms with Crippen molar-refractivity contribution in [3.8, 4) is 33.4 Å². The molecule has 0 fully saturated rings. The summed E-state index contributed by atoms with van der Waals surface area (Å²) in [6.45, 7) is 24.0. The second kappa shape index (κ2) is 20.8. The van der Waals surface area contributed by atoms with Crippen LogP contribution in [0, 0.1) is 0 Å². The van der Waals surface area contributed by atoms with Crippen molar-refractivity contribution in [1.29, 1.82) is 0 Å². The van der Waals surface area contributed by atoms with Crippen molar-refractivity contribution in [3.63, 3.8) is 0 Å². The quantitative estimate of drug-likeness (QED) is 0.115. The third-order valence-electron chi connectivity index (χ3n) is 14.0. The molecule has 0 radical (unpaired) electrons. The molecule has 0 saturated heterocycles. The van der Waals surface area contributed by atoms with Crippen LogP contribution in [0.25, 0.3) is 33.4 Å². The van der Waals surface area contributed by atoms with Crippen LogP contribution in [0.3, 0.4) is 0 Å². The summed E-state index contributed by atoms with van der Waals surface area (Å²) in [6.07, 6.45) is 12.7. The molecule has 0 heterocycles. The molecule has 0 saturated carbocycles. The van der Waals surface area contributed by atoms with Crippen molar-refractivity contribution >= 4 is 3.21 Å². The van der Waals surface area contributed by atoms with Crippen molar-refractivity contribution in [2.75, 3.05) is 0 Å². The van der Waals surface area contributed by atoms with Gasteiger partial charge in [0, 0.05) is 0 Å². The van der Waals surface area contributed by atoms with Crippen molar-refractivity contribution in [2.45, 2.75) is 128 Å². The molecule has 3 heteroatoms. The fourth-order valence-electron chi connectivity index (χ4n) is 10.3. The zero-order chi connectivity index (χ0) is 43.8. The zero-order valence-electron chi connectivity index (χ0n) is 40.0. The molecule has 0 N–H and O–H groups in total. The Hall–Kier alpha value is -3.87. The van der Waals surface area contributed by atoms with Gasteiger partial charge in [-0.15, -0.1) is 0 Å². The SMILES string of the molecule is CCC(C)c1ccccc1-c1cc2c(cc1C(C)(C)C)-c1cc(C(C)(C)C)c(-c3ccccc3C(C)CC)cc1[CH]2[Zr+2]([C]1=CC=CC1)=[C](Cc1ccccc1)Cc1ccccc1.[Cl-].[Cl-]. The van der Waals surface area contributed by atoms with Crippen LogP contribution >= 0.6 is 0 Å². The molecule has 0 nitrogen and oxygen atoms in total. The van der Waals surface area contributed by atoms with E-state index in [-0.39, 0.29) is 35.6 Å². The molecular formula is C61H68Cl2Zr. The standard InChI is InChI=1S/C41H49.C15H14.C5H5.2ClH.Zr/c1-11-26(3)30-17-13-15-19-32(30)36-22-28-21-29-23-37(33-20-16-14-18-31(33)27(4)12-2)39(41(8,9)10)25-35(29)34(28)24-38(36)40(5,6)7;1-3-8-14(9-4-1)12-7-13-15-10-5-2-6-11-15;1-2-4-5-3-1;;;/h13-27H,11-12H2,1-10H3;1-6,8-11H,12-13H2;1-3H,4H2;2*1H;/q;;;;;+2/p-2. The van der Waals surface area contributed by atoms with Gasteiger partial charge in [-0.1, -0.05) is 0 Å². The summed E-state index contributed by atoms with van der Waals surface area (Å²) >= 11 is -2.87. The predicted molar refractivity (Wildman–Crippen MR) is 267 cm³/mol. The largest absolute Gasteiger partial charge is 1.00 e. The van der Waals surface area contributed by atoms with Gasteiger partial charge in [-0.05, 0) is 0 Å². The Morgan fingerprint density at radius 2 is 0.938 bits per heavy atom. The minimum absolute atomic E-state index is 0. The van der Waals surface area contributed by atoms with E-state index in [9.17, 15) is 0 Å². The zero-order valence-corrected chi connectivity index (χ0v) is 43.9. The van der Waals surface area contributed by atoms with Crippen LogP contribution in [0.1, 0.15) is 148 Å². The number of hydrogen-bond donors (Lipinski definition) is 0. The summed E-state index contributed by atoms with van der Waals surface area (Å²) in [5, 5.41) is 0. The van der Waals surface area contributed by atoms with Gasteiger partial charge in [0.05, 0.1) is 0 Å².